The summed E-state index contributed by atoms with van der Waals surface area (Å²) >= 11 is 0. The van der Waals surface area contributed by atoms with Crippen molar-refractivity contribution in [3.8, 4) is 0 Å². The van der Waals surface area contributed by atoms with E-state index in [9.17, 15) is 4.79 Å². The van der Waals surface area contributed by atoms with Crippen LogP contribution in [0, 0.1) is 5.92 Å². The Morgan fingerprint density at radius 2 is 1.48 bits per heavy atom. The molecule has 5 heteroatoms. The maximum absolute atomic E-state index is 12.6. The molecule has 1 amide bonds. The number of nitrogens with one attached hydrogen (secondary N) is 1. The minimum atomic E-state index is -0.0125. The Hall–Kier alpha value is -2.37. The Kier molecular flexibility index (Phi) is 7.25. The van der Waals surface area contributed by atoms with Gasteiger partial charge in [0.2, 0.25) is 0 Å². The van der Waals surface area contributed by atoms with Crippen LogP contribution in [0.3, 0.4) is 0 Å². The quantitative estimate of drug-likeness (QED) is 0.775. The summed E-state index contributed by atoms with van der Waals surface area (Å²) in [5.41, 5.74) is 4.40. The summed E-state index contributed by atoms with van der Waals surface area (Å²) < 4.78 is 0. The number of carbonyl (C=O) groups is 1. The number of likely N-dealkylation sites (N-methyl/N-ethyl adjacent to an activating group) is 1. The molecule has 0 unspecified atom stereocenters. The van der Waals surface area contributed by atoms with Crippen LogP contribution in [0.1, 0.15) is 41.3 Å². The minimum Gasteiger partial charge on any atom is -0.369 e. The molecule has 2 aliphatic rings. The number of hydrogen-bond donors (Lipinski definition) is 1. The van der Waals surface area contributed by atoms with Gasteiger partial charge >= 0.3 is 0 Å². The van der Waals surface area contributed by atoms with Gasteiger partial charge in [0.15, 0.2) is 0 Å². The van der Waals surface area contributed by atoms with E-state index in [4.69, 9.17) is 0 Å². The molecule has 4 rings (SSSR count). The van der Waals surface area contributed by atoms with Crippen LogP contribution in [0.15, 0.2) is 48.5 Å². The second-order valence-electron chi connectivity index (χ2n) is 9.30. The Labute approximate surface area is 187 Å². The summed E-state index contributed by atoms with van der Waals surface area (Å²) in [5.74, 6) is 0.840. The van der Waals surface area contributed by atoms with Crippen molar-refractivity contribution in [2.45, 2.75) is 32.9 Å². The molecule has 31 heavy (non-hydrogen) atoms. The van der Waals surface area contributed by atoms with Crippen molar-refractivity contribution in [2.24, 2.45) is 5.92 Å². The number of carbonyl (C=O) groups excluding carboxylic acids is 1. The number of likely N-dealkylation sites (tertiary alicyclic amines) is 1. The number of amides is 1. The fraction of sp³-hybridized carbons (Fsp3) is 0.500. The van der Waals surface area contributed by atoms with E-state index in [2.05, 4.69) is 70.4 Å². The van der Waals surface area contributed by atoms with Gasteiger partial charge in [-0.05, 0) is 74.3 Å². The van der Waals surface area contributed by atoms with Crippen molar-refractivity contribution in [2.75, 3.05) is 51.2 Å². The molecule has 0 aliphatic carbocycles. The average Bonchev–Trinajstić information content (AvgIpc) is 2.80. The zero-order valence-electron chi connectivity index (χ0n) is 19.0. The molecule has 2 aliphatic heterocycles. The van der Waals surface area contributed by atoms with Gasteiger partial charge in [0.1, 0.15) is 0 Å². The zero-order chi connectivity index (χ0) is 21.6. The van der Waals surface area contributed by atoms with Gasteiger partial charge in [-0.1, -0.05) is 31.2 Å². The standard InChI is InChI=1S/C26H36N4O/c1-21-11-13-29(14-12-21)20-23-3-7-24(8-4-23)26(31)27-19-22-5-9-25(10-6-22)30-17-15-28(2)16-18-30/h3-10,21H,11-20H2,1-2H3,(H,27,31). The number of hydrogen-bond acceptors (Lipinski definition) is 4. The molecule has 0 saturated carbocycles. The van der Waals surface area contributed by atoms with Crippen LogP contribution >= 0.6 is 0 Å². The van der Waals surface area contributed by atoms with Crippen LogP contribution < -0.4 is 10.2 Å². The van der Waals surface area contributed by atoms with Gasteiger partial charge < -0.3 is 15.1 Å². The van der Waals surface area contributed by atoms with Crippen molar-refractivity contribution >= 4 is 11.6 Å². The van der Waals surface area contributed by atoms with E-state index in [1.807, 2.05) is 12.1 Å². The van der Waals surface area contributed by atoms with Crippen molar-refractivity contribution < 1.29 is 4.79 Å². The van der Waals surface area contributed by atoms with Crippen LogP contribution in [0.5, 0.6) is 0 Å². The lowest BCUT2D eigenvalue weighted by atomic mass is 9.99. The van der Waals surface area contributed by atoms with Gasteiger partial charge in [-0.15, -0.1) is 0 Å². The first-order chi connectivity index (χ1) is 15.1. The Morgan fingerprint density at radius 3 is 2.13 bits per heavy atom. The molecular formula is C26H36N4O. The highest BCUT2D eigenvalue weighted by atomic mass is 16.1. The minimum absolute atomic E-state index is 0.0125. The van der Waals surface area contributed by atoms with Gasteiger partial charge in [0.25, 0.3) is 5.91 Å². The van der Waals surface area contributed by atoms with Crippen molar-refractivity contribution in [3.05, 3.63) is 65.2 Å². The Balaban J connectivity index is 1.24. The molecule has 0 aromatic heterocycles. The largest absolute Gasteiger partial charge is 0.369 e. The normalized spacial score (nSPS) is 18.8. The number of nitrogens with zero attached hydrogens (tertiary/aromatic N) is 3. The van der Waals surface area contributed by atoms with Crippen LogP contribution in [-0.2, 0) is 13.1 Å². The average molecular weight is 421 g/mol. The second-order valence-corrected chi connectivity index (χ2v) is 9.30. The molecule has 166 valence electrons. The molecule has 5 nitrogen and oxygen atoms in total. The lowest BCUT2D eigenvalue weighted by Crippen LogP contribution is -2.44. The molecule has 0 radical (unpaired) electrons. The van der Waals surface area contributed by atoms with E-state index in [0.717, 1.165) is 49.8 Å². The molecule has 2 fully saturated rings. The van der Waals surface area contributed by atoms with Gasteiger partial charge in [-0.2, -0.15) is 0 Å². The SMILES string of the molecule is CC1CCN(Cc2ccc(C(=O)NCc3ccc(N4CCN(C)CC4)cc3)cc2)CC1. The van der Waals surface area contributed by atoms with Gasteiger partial charge in [0.05, 0.1) is 0 Å². The first kappa shape index (κ1) is 21.8. The summed E-state index contributed by atoms with van der Waals surface area (Å²) in [4.78, 5) is 19.9. The third-order valence-electron chi connectivity index (χ3n) is 6.76. The summed E-state index contributed by atoms with van der Waals surface area (Å²) in [6.07, 6.45) is 2.58. The fourth-order valence-corrected chi connectivity index (χ4v) is 4.41. The van der Waals surface area contributed by atoms with Crippen molar-refractivity contribution in [1.29, 1.82) is 0 Å². The van der Waals surface area contributed by atoms with E-state index < -0.39 is 0 Å². The van der Waals surface area contributed by atoms with E-state index >= 15 is 0 Å². The number of benzene rings is 2. The summed E-state index contributed by atoms with van der Waals surface area (Å²) in [6, 6.07) is 16.7. The highest BCUT2D eigenvalue weighted by molar-refractivity contribution is 5.94. The number of rotatable bonds is 6. The molecule has 1 N–H and O–H groups in total. The number of piperidine rings is 1. The third kappa shape index (κ3) is 6.08. The highest BCUT2D eigenvalue weighted by Gasteiger charge is 2.16. The molecule has 0 spiro atoms. The molecule has 0 atom stereocenters. The molecule has 2 heterocycles. The van der Waals surface area contributed by atoms with E-state index in [1.54, 1.807) is 0 Å². The summed E-state index contributed by atoms with van der Waals surface area (Å²) in [7, 11) is 2.17. The van der Waals surface area contributed by atoms with Crippen LogP contribution in [-0.4, -0.2) is 62.0 Å². The lowest BCUT2D eigenvalue weighted by Gasteiger charge is -2.34. The topological polar surface area (TPSA) is 38.8 Å². The summed E-state index contributed by atoms with van der Waals surface area (Å²) in [6.45, 7) is 10.6. The monoisotopic (exact) mass is 420 g/mol. The Morgan fingerprint density at radius 1 is 0.871 bits per heavy atom. The maximum atomic E-state index is 12.6. The predicted octanol–water partition coefficient (Wildman–Crippen LogP) is 3.60. The van der Waals surface area contributed by atoms with E-state index in [0.29, 0.717) is 6.54 Å². The first-order valence-corrected chi connectivity index (χ1v) is 11.7. The van der Waals surface area contributed by atoms with Gasteiger partial charge in [-0.25, -0.2) is 0 Å². The van der Waals surface area contributed by atoms with Gasteiger partial charge in [0, 0.05) is 50.5 Å². The molecule has 2 aromatic carbocycles. The van der Waals surface area contributed by atoms with Gasteiger partial charge in [-0.3, -0.25) is 9.69 Å². The third-order valence-corrected chi connectivity index (χ3v) is 6.76. The lowest BCUT2D eigenvalue weighted by molar-refractivity contribution is 0.0951. The van der Waals surface area contributed by atoms with E-state index in [1.165, 1.54) is 37.2 Å². The highest BCUT2D eigenvalue weighted by Crippen LogP contribution is 2.19. The molecular weight excluding hydrogens is 384 g/mol. The van der Waals surface area contributed by atoms with Crippen LogP contribution in [0.4, 0.5) is 5.69 Å². The molecule has 2 aromatic rings. The zero-order valence-corrected chi connectivity index (χ0v) is 19.0. The molecule has 0 bridgehead atoms. The van der Waals surface area contributed by atoms with Crippen molar-refractivity contribution in [3.63, 3.8) is 0 Å². The van der Waals surface area contributed by atoms with Crippen molar-refractivity contribution in [1.82, 2.24) is 15.1 Å². The van der Waals surface area contributed by atoms with E-state index in [-0.39, 0.29) is 5.91 Å². The first-order valence-electron chi connectivity index (χ1n) is 11.7. The predicted molar refractivity (Wildman–Crippen MR) is 127 cm³/mol. The smallest absolute Gasteiger partial charge is 0.251 e. The van der Waals surface area contributed by atoms with Crippen LogP contribution in [0.25, 0.3) is 0 Å². The van der Waals surface area contributed by atoms with Crippen LogP contribution in [0.2, 0.25) is 0 Å². The maximum Gasteiger partial charge on any atom is 0.251 e. The second kappa shape index (κ2) is 10.3. The summed E-state index contributed by atoms with van der Waals surface area (Å²) in [5, 5.41) is 3.06. The molecule has 2 saturated heterocycles. The number of piperazine rings is 1. The fourth-order valence-electron chi connectivity index (χ4n) is 4.41. The number of anilines is 1. The Bertz CT molecular complexity index is 833.